The molecule has 1 aliphatic carbocycles. The molecule has 0 saturated carbocycles. The van der Waals surface area contributed by atoms with Gasteiger partial charge in [-0.15, -0.1) is 0 Å². The van der Waals surface area contributed by atoms with Crippen LogP contribution in [0.5, 0.6) is 0 Å². The third-order valence-corrected chi connectivity index (χ3v) is 9.42. The lowest BCUT2D eigenvalue weighted by molar-refractivity contribution is 0.00578. The summed E-state index contributed by atoms with van der Waals surface area (Å²) in [6.07, 6.45) is 0.874. The Kier molecular flexibility index (Phi) is 6.09. The molecule has 6 rings (SSSR count). The standard InChI is InChI=1S/C33H38B2O4/c1-30(2)31(3,4)37-34(36-30)25-16-11-14-22(19-25)28-21-23-13-9-10-18-27(23)29(28)24-15-12-17-26(20-24)35-38-32(5,6)33(7,8)39-35/h9-20H,21H2,1-8H3. The second-order valence-corrected chi connectivity index (χ2v) is 13.1. The zero-order valence-corrected chi connectivity index (χ0v) is 24.4. The molecule has 3 aromatic carbocycles. The Balaban J connectivity index is 1.42. The summed E-state index contributed by atoms with van der Waals surface area (Å²) in [6, 6.07) is 26.0. The van der Waals surface area contributed by atoms with Crippen LogP contribution in [0.1, 0.15) is 77.6 Å². The van der Waals surface area contributed by atoms with Crippen molar-refractivity contribution in [3.05, 3.63) is 95.1 Å². The topological polar surface area (TPSA) is 36.9 Å². The van der Waals surface area contributed by atoms with Crippen molar-refractivity contribution in [2.24, 2.45) is 0 Å². The summed E-state index contributed by atoms with van der Waals surface area (Å²) in [5.41, 5.74) is 8.09. The van der Waals surface area contributed by atoms with Crippen LogP contribution in [-0.4, -0.2) is 36.6 Å². The summed E-state index contributed by atoms with van der Waals surface area (Å²) in [4.78, 5) is 0. The first-order valence-corrected chi connectivity index (χ1v) is 14.0. The van der Waals surface area contributed by atoms with Crippen LogP contribution >= 0.6 is 0 Å². The van der Waals surface area contributed by atoms with Crippen molar-refractivity contribution in [1.82, 2.24) is 0 Å². The van der Waals surface area contributed by atoms with E-state index >= 15 is 0 Å². The first-order chi connectivity index (χ1) is 18.3. The van der Waals surface area contributed by atoms with Crippen LogP contribution in [0, 0.1) is 0 Å². The Labute approximate surface area is 234 Å². The minimum absolute atomic E-state index is 0.379. The normalized spacial score (nSPS) is 22.5. The van der Waals surface area contributed by atoms with Gasteiger partial charge in [0.2, 0.25) is 0 Å². The Morgan fingerprint density at radius 3 is 1.54 bits per heavy atom. The van der Waals surface area contributed by atoms with Gasteiger partial charge in [0.05, 0.1) is 22.4 Å². The van der Waals surface area contributed by atoms with Crippen molar-refractivity contribution < 1.29 is 18.6 Å². The van der Waals surface area contributed by atoms with E-state index < -0.39 is 14.2 Å². The van der Waals surface area contributed by atoms with Crippen LogP contribution in [0.2, 0.25) is 0 Å². The van der Waals surface area contributed by atoms with E-state index in [1.165, 1.54) is 33.4 Å². The molecule has 2 fully saturated rings. The molecule has 2 aliphatic heterocycles. The maximum absolute atomic E-state index is 6.39. The van der Waals surface area contributed by atoms with Crippen LogP contribution in [0.25, 0.3) is 11.1 Å². The van der Waals surface area contributed by atoms with Gasteiger partial charge in [0, 0.05) is 0 Å². The van der Waals surface area contributed by atoms with E-state index in [0.29, 0.717) is 0 Å². The van der Waals surface area contributed by atoms with E-state index in [1.54, 1.807) is 0 Å². The van der Waals surface area contributed by atoms with Gasteiger partial charge in [-0.05, 0) is 106 Å². The molecule has 3 aliphatic rings. The second kappa shape index (κ2) is 8.94. The van der Waals surface area contributed by atoms with E-state index in [2.05, 4.69) is 128 Å². The Bertz CT molecular complexity index is 1440. The van der Waals surface area contributed by atoms with E-state index in [1.807, 2.05) is 0 Å². The van der Waals surface area contributed by atoms with Gasteiger partial charge >= 0.3 is 14.2 Å². The zero-order chi connectivity index (χ0) is 27.8. The second-order valence-electron chi connectivity index (χ2n) is 13.1. The summed E-state index contributed by atoms with van der Waals surface area (Å²) in [7, 11) is -0.795. The third kappa shape index (κ3) is 4.42. The van der Waals surface area contributed by atoms with Gasteiger partial charge in [-0.1, -0.05) is 72.8 Å². The van der Waals surface area contributed by atoms with Gasteiger partial charge in [0.25, 0.3) is 0 Å². The van der Waals surface area contributed by atoms with Gasteiger partial charge < -0.3 is 18.6 Å². The van der Waals surface area contributed by atoms with Gasteiger partial charge in [0.15, 0.2) is 0 Å². The minimum atomic E-state index is -0.401. The van der Waals surface area contributed by atoms with Crippen molar-refractivity contribution in [1.29, 1.82) is 0 Å². The fourth-order valence-electron chi connectivity index (χ4n) is 5.61. The molecule has 0 amide bonds. The lowest BCUT2D eigenvalue weighted by atomic mass is 9.76. The average molecular weight is 520 g/mol. The van der Waals surface area contributed by atoms with Gasteiger partial charge in [-0.2, -0.15) is 0 Å². The van der Waals surface area contributed by atoms with Gasteiger partial charge in [0.1, 0.15) is 0 Å². The minimum Gasteiger partial charge on any atom is -0.399 e. The SMILES string of the molecule is CC1(C)OB(c2cccc(C3=C(c4cccc(B5OC(C)(C)C(C)(C)O5)c4)c4ccccc4C3)c2)OC1(C)C. The number of benzene rings is 3. The molecule has 0 aromatic heterocycles. The molecule has 0 N–H and O–H groups in total. The lowest BCUT2D eigenvalue weighted by Crippen LogP contribution is -2.41. The molecule has 0 radical (unpaired) electrons. The van der Waals surface area contributed by atoms with E-state index in [-0.39, 0.29) is 22.4 Å². The molecule has 4 nitrogen and oxygen atoms in total. The largest absolute Gasteiger partial charge is 0.494 e. The lowest BCUT2D eigenvalue weighted by Gasteiger charge is -2.32. The monoisotopic (exact) mass is 520 g/mol. The highest BCUT2D eigenvalue weighted by Crippen LogP contribution is 2.43. The van der Waals surface area contributed by atoms with Crippen LogP contribution in [0.4, 0.5) is 0 Å². The van der Waals surface area contributed by atoms with Crippen LogP contribution in [-0.2, 0) is 25.0 Å². The molecule has 2 heterocycles. The maximum Gasteiger partial charge on any atom is 0.494 e. The molecule has 0 atom stereocenters. The highest BCUT2D eigenvalue weighted by atomic mass is 16.7. The van der Waals surface area contributed by atoms with Crippen molar-refractivity contribution in [3.8, 4) is 0 Å². The number of hydrogen-bond acceptors (Lipinski definition) is 4. The molecular weight excluding hydrogens is 482 g/mol. The van der Waals surface area contributed by atoms with Crippen molar-refractivity contribution in [3.63, 3.8) is 0 Å². The maximum atomic E-state index is 6.39. The predicted octanol–water partition coefficient (Wildman–Crippen LogP) is 5.80. The molecule has 3 aromatic rings. The number of rotatable bonds is 4. The quantitative estimate of drug-likeness (QED) is 0.408. The molecule has 2 saturated heterocycles. The Morgan fingerprint density at radius 1 is 0.538 bits per heavy atom. The van der Waals surface area contributed by atoms with E-state index in [4.69, 9.17) is 18.6 Å². The molecule has 0 unspecified atom stereocenters. The van der Waals surface area contributed by atoms with Gasteiger partial charge in [-0.25, -0.2) is 0 Å². The summed E-state index contributed by atoms with van der Waals surface area (Å²) in [5.74, 6) is 0. The number of fused-ring (bicyclic) bond motifs is 1. The van der Waals surface area contributed by atoms with Crippen LogP contribution < -0.4 is 10.9 Å². The third-order valence-electron chi connectivity index (χ3n) is 9.42. The van der Waals surface area contributed by atoms with Crippen molar-refractivity contribution in [2.75, 3.05) is 0 Å². The van der Waals surface area contributed by atoms with Crippen LogP contribution in [0.3, 0.4) is 0 Å². The molecular formula is C33H38B2O4. The Hall–Kier alpha value is -2.63. The zero-order valence-electron chi connectivity index (χ0n) is 24.4. The summed E-state index contributed by atoms with van der Waals surface area (Å²) in [6.45, 7) is 16.8. The van der Waals surface area contributed by atoms with Gasteiger partial charge in [-0.3, -0.25) is 0 Å². The smallest absolute Gasteiger partial charge is 0.399 e. The molecule has 0 spiro atoms. The molecule has 0 bridgehead atoms. The van der Waals surface area contributed by atoms with E-state index in [9.17, 15) is 0 Å². The average Bonchev–Trinajstić information content (AvgIpc) is 3.44. The highest BCUT2D eigenvalue weighted by Gasteiger charge is 2.52. The summed E-state index contributed by atoms with van der Waals surface area (Å²) in [5, 5.41) is 0. The van der Waals surface area contributed by atoms with Crippen molar-refractivity contribution >= 4 is 36.3 Å². The van der Waals surface area contributed by atoms with E-state index in [0.717, 1.165) is 17.3 Å². The molecule has 200 valence electrons. The summed E-state index contributed by atoms with van der Waals surface area (Å²) >= 11 is 0. The Morgan fingerprint density at radius 2 is 1.00 bits per heavy atom. The fraction of sp³-hybridized carbons (Fsp3) is 0.394. The van der Waals surface area contributed by atoms with Crippen molar-refractivity contribution in [2.45, 2.75) is 84.2 Å². The first kappa shape index (κ1) is 26.6. The molecule has 6 heteroatoms. The number of hydrogen-bond donors (Lipinski definition) is 0. The fourth-order valence-corrected chi connectivity index (χ4v) is 5.61. The first-order valence-electron chi connectivity index (χ1n) is 14.0. The summed E-state index contributed by atoms with van der Waals surface area (Å²) < 4.78 is 25.5. The van der Waals surface area contributed by atoms with Crippen LogP contribution in [0.15, 0.2) is 72.8 Å². The number of allylic oxidation sites excluding steroid dienone is 1. The highest BCUT2D eigenvalue weighted by molar-refractivity contribution is 6.62. The molecule has 39 heavy (non-hydrogen) atoms. The predicted molar refractivity (Wildman–Crippen MR) is 160 cm³/mol.